The maximum absolute atomic E-state index is 13.8. The summed E-state index contributed by atoms with van der Waals surface area (Å²) in [6.07, 6.45) is 2.91. The van der Waals surface area contributed by atoms with Gasteiger partial charge in [0.1, 0.15) is 45.4 Å². The smallest absolute Gasteiger partial charge is 0.407 e. The van der Waals surface area contributed by atoms with Crippen molar-refractivity contribution in [2.45, 2.75) is 76.4 Å². The molecule has 2 aliphatic heterocycles. The van der Waals surface area contributed by atoms with Crippen LogP contribution in [0, 0.1) is 11.8 Å². The number of H-pyrrole nitrogens is 2. The molecule has 4 amide bonds. The van der Waals surface area contributed by atoms with Crippen LogP contribution in [0.2, 0.25) is 10.3 Å². The lowest BCUT2D eigenvalue weighted by molar-refractivity contribution is -0.136. The van der Waals surface area contributed by atoms with Gasteiger partial charge in [0, 0.05) is 29.5 Å². The van der Waals surface area contributed by atoms with Crippen LogP contribution in [0.15, 0.2) is 48.5 Å². The molecule has 2 saturated heterocycles. The fraction of sp³-hybridized carbons (Fsp3) is 0.463. The molecule has 5 atom stereocenters. The van der Waals surface area contributed by atoms with Crippen molar-refractivity contribution < 1.29 is 28.7 Å². The van der Waals surface area contributed by atoms with Crippen molar-refractivity contribution in [3.8, 4) is 33.6 Å². The first-order chi connectivity index (χ1) is 27.7. The SMILES string of the molecule is COC(=O)N[C@H](C(=O)N1CCCC1c1nc(-c2ccc(-c3ccc(-c4nc([C@@H]5C[C@H](SC)CN5C(=O)[C@@H](NC(=O)OC)C(C)C)[nH]c4Cl)cc3)cc2)c(Cl)[nH]1)C(C)C. The Kier molecular flexibility index (Phi) is 13.6. The minimum absolute atomic E-state index is 0.142. The van der Waals surface area contributed by atoms with Gasteiger partial charge in [0.25, 0.3) is 0 Å². The van der Waals surface area contributed by atoms with Crippen LogP contribution in [0.3, 0.4) is 0 Å². The number of likely N-dealkylation sites (tertiary alicyclic amines) is 2. The van der Waals surface area contributed by atoms with Gasteiger partial charge in [-0.1, -0.05) is 99.4 Å². The Bertz CT molecular complexity index is 2110. The number of carbonyl (C=O) groups excluding carboxylic acids is 4. The van der Waals surface area contributed by atoms with Crippen molar-refractivity contribution in [1.29, 1.82) is 0 Å². The van der Waals surface area contributed by atoms with E-state index in [2.05, 4.69) is 20.6 Å². The molecule has 2 aromatic heterocycles. The second-order valence-electron chi connectivity index (χ2n) is 15.2. The van der Waals surface area contributed by atoms with Gasteiger partial charge in [-0.05, 0) is 48.5 Å². The Hall–Kier alpha value is -4.73. The van der Waals surface area contributed by atoms with Gasteiger partial charge in [-0.3, -0.25) is 9.59 Å². The fourth-order valence-corrected chi connectivity index (χ4v) is 8.80. The zero-order valence-electron chi connectivity index (χ0n) is 33.6. The van der Waals surface area contributed by atoms with Crippen LogP contribution in [0.4, 0.5) is 9.59 Å². The van der Waals surface area contributed by atoms with E-state index in [1.54, 1.807) is 21.6 Å². The summed E-state index contributed by atoms with van der Waals surface area (Å²) < 4.78 is 9.54. The molecule has 0 aliphatic carbocycles. The molecule has 17 heteroatoms. The Balaban J connectivity index is 1.16. The number of aromatic nitrogens is 4. The maximum atomic E-state index is 13.8. The van der Waals surface area contributed by atoms with Crippen molar-refractivity contribution in [2.75, 3.05) is 33.6 Å². The average Bonchev–Trinajstić information content (AvgIpc) is 4.04. The predicted molar refractivity (Wildman–Crippen MR) is 225 cm³/mol. The van der Waals surface area contributed by atoms with Crippen molar-refractivity contribution in [2.24, 2.45) is 11.8 Å². The van der Waals surface area contributed by atoms with Gasteiger partial charge < -0.3 is 39.9 Å². The fourth-order valence-electron chi connectivity index (χ4n) is 7.62. The van der Waals surface area contributed by atoms with Crippen LogP contribution >= 0.6 is 35.0 Å². The first kappa shape index (κ1) is 42.9. The monoisotopic (exact) mass is 852 g/mol. The third-order valence-electron chi connectivity index (χ3n) is 10.8. The minimum Gasteiger partial charge on any atom is -0.453 e. The van der Waals surface area contributed by atoms with Crippen molar-refractivity contribution in [3.63, 3.8) is 0 Å². The molecule has 4 heterocycles. The number of imidazole rings is 2. The Morgan fingerprint density at radius 3 is 1.59 bits per heavy atom. The van der Waals surface area contributed by atoms with E-state index in [0.29, 0.717) is 59.3 Å². The number of benzene rings is 2. The molecule has 4 N–H and O–H groups in total. The highest BCUT2D eigenvalue weighted by atomic mass is 35.5. The molecule has 0 bridgehead atoms. The predicted octanol–water partition coefficient (Wildman–Crippen LogP) is 7.87. The van der Waals surface area contributed by atoms with E-state index in [4.69, 9.17) is 42.6 Å². The van der Waals surface area contributed by atoms with Gasteiger partial charge >= 0.3 is 12.2 Å². The highest BCUT2D eigenvalue weighted by Gasteiger charge is 2.42. The number of halogens is 2. The number of rotatable bonds is 12. The van der Waals surface area contributed by atoms with Crippen LogP contribution in [0.5, 0.6) is 0 Å². The van der Waals surface area contributed by atoms with E-state index in [1.165, 1.54) is 14.2 Å². The molecule has 0 spiro atoms. The van der Waals surface area contributed by atoms with Gasteiger partial charge in [-0.2, -0.15) is 11.8 Å². The minimum atomic E-state index is -0.752. The van der Waals surface area contributed by atoms with Crippen LogP contribution in [0.1, 0.15) is 70.7 Å². The Labute approximate surface area is 352 Å². The largest absolute Gasteiger partial charge is 0.453 e. The van der Waals surface area contributed by atoms with Crippen molar-refractivity contribution in [3.05, 3.63) is 70.5 Å². The van der Waals surface area contributed by atoms with E-state index >= 15 is 0 Å². The molecule has 0 radical (unpaired) electrons. The molecule has 2 fully saturated rings. The van der Waals surface area contributed by atoms with Crippen LogP contribution in [-0.4, -0.2) is 105 Å². The highest BCUT2D eigenvalue weighted by molar-refractivity contribution is 7.99. The summed E-state index contributed by atoms with van der Waals surface area (Å²) in [5.41, 5.74) is 4.75. The second kappa shape index (κ2) is 18.5. The normalized spacial score (nSPS) is 19.1. The van der Waals surface area contributed by atoms with Gasteiger partial charge in [-0.15, -0.1) is 0 Å². The number of methoxy groups -OCH3 is 2. The number of aromatic amines is 2. The average molecular weight is 854 g/mol. The van der Waals surface area contributed by atoms with Gasteiger partial charge in [0.15, 0.2) is 0 Å². The zero-order valence-corrected chi connectivity index (χ0v) is 35.9. The lowest BCUT2D eigenvalue weighted by Crippen LogP contribution is -2.51. The molecule has 2 aliphatic rings. The molecule has 2 aromatic carbocycles. The number of thioether (sulfide) groups is 1. The van der Waals surface area contributed by atoms with Crippen LogP contribution < -0.4 is 10.6 Å². The van der Waals surface area contributed by atoms with E-state index in [-0.39, 0.29) is 41.0 Å². The third-order valence-corrected chi connectivity index (χ3v) is 12.4. The lowest BCUT2D eigenvalue weighted by Gasteiger charge is -2.30. The van der Waals surface area contributed by atoms with Crippen LogP contribution in [-0.2, 0) is 19.1 Å². The lowest BCUT2D eigenvalue weighted by atomic mass is 10.0. The summed E-state index contributed by atoms with van der Waals surface area (Å²) >= 11 is 15.2. The second-order valence-corrected chi connectivity index (χ2v) is 17.1. The zero-order chi connectivity index (χ0) is 41.8. The summed E-state index contributed by atoms with van der Waals surface area (Å²) in [7, 11) is 2.55. The first-order valence-corrected chi connectivity index (χ1v) is 21.3. The van der Waals surface area contributed by atoms with E-state index < -0.39 is 24.3 Å². The molecule has 6 rings (SSSR count). The third kappa shape index (κ3) is 9.11. The topological polar surface area (TPSA) is 175 Å². The molecular formula is C41H50Cl2N8O6S. The molecular weight excluding hydrogens is 803 g/mol. The molecule has 0 saturated carbocycles. The number of carbonyl (C=O) groups is 4. The Morgan fingerprint density at radius 2 is 1.16 bits per heavy atom. The summed E-state index contributed by atoms with van der Waals surface area (Å²) in [5.74, 6) is 0.504. The first-order valence-electron chi connectivity index (χ1n) is 19.3. The van der Waals surface area contributed by atoms with E-state index in [9.17, 15) is 19.2 Å². The van der Waals surface area contributed by atoms with Gasteiger partial charge in [0.2, 0.25) is 11.8 Å². The molecule has 310 valence electrons. The molecule has 14 nitrogen and oxygen atoms in total. The number of amides is 4. The summed E-state index contributed by atoms with van der Waals surface area (Å²) in [6, 6.07) is 13.7. The number of nitrogens with zero attached hydrogens (tertiary/aromatic N) is 4. The molecule has 4 aromatic rings. The summed E-state index contributed by atoms with van der Waals surface area (Å²) in [5, 5.41) is 6.32. The van der Waals surface area contributed by atoms with E-state index in [0.717, 1.165) is 28.7 Å². The van der Waals surface area contributed by atoms with Crippen molar-refractivity contribution >= 4 is 59.0 Å². The van der Waals surface area contributed by atoms with Crippen molar-refractivity contribution in [1.82, 2.24) is 40.4 Å². The summed E-state index contributed by atoms with van der Waals surface area (Å²) in [4.78, 5) is 71.2. The molecule has 1 unspecified atom stereocenters. The number of ether oxygens (including phenoxy) is 2. The van der Waals surface area contributed by atoms with Gasteiger partial charge in [-0.25, -0.2) is 19.6 Å². The van der Waals surface area contributed by atoms with Gasteiger partial charge in [0.05, 0.1) is 26.3 Å². The number of alkyl carbamates (subject to hydrolysis) is 2. The number of hydrogen-bond donors (Lipinski definition) is 4. The van der Waals surface area contributed by atoms with Crippen LogP contribution in [0.25, 0.3) is 33.6 Å². The highest BCUT2D eigenvalue weighted by Crippen LogP contribution is 2.40. The van der Waals surface area contributed by atoms with E-state index in [1.807, 2.05) is 82.5 Å². The quantitative estimate of drug-likeness (QED) is 0.111. The molecule has 58 heavy (non-hydrogen) atoms. The summed E-state index contributed by atoms with van der Waals surface area (Å²) in [6.45, 7) is 8.58. The maximum Gasteiger partial charge on any atom is 0.407 e. The number of hydrogen-bond acceptors (Lipinski definition) is 9. The standard InChI is InChI=1S/C41H50Cl2N8O6S/c1-21(2)30(46-40(54)56-5)38(52)50-18-8-9-28(50)36-44-32(34(42)48-36)25-14-10-23(11-15-25)24-12-16-26(17-13-24)33-35(43)49-37(45-33)29-19-27(58-7)20-51(29)39(53)31(22(3)4)47-41(55)57-6/h10-17,21-22,27-31H,8-9,18-20H2,1-7H3,(H,44,48)(H,45,49)(H,46,54)(H,47,55)/t27-,28?,29-,30-,31-/m0/s1. The Morgan fingerprint density at radius 1 is 0.724 bits per heavy atom. The number of nitrogens with one attached hydrogen (secondary N) is 4.